The maximum Gasteiger partial charge on any atom is 0.264 e. The number of carbonyl (C=O) groups is 1. The summed E-state index contributed by atoms with van der Waals surface area (Å²) in [4.78, 5) is 15.8. The van der Waals surface area contributed by atoms with E-state index < -0.39 is 21.2 Å². The molecule has 0 aromatic heterocycles. The molecule has 0 saturated heterocycles. The highest BCUT2D eigenvalue weighted by molar-refractivity contribution is 7.90. The van der Waals surface area contributed by atoms with E-state index in [0.717, 1.165) is 61.7 Å². The van der Waals surface area contributed by atoms with Gasteiger partial charge in [0.25, 0.3) is 5.91 Å². The number of halogens is 1. The third kappa shape index (κ3) is 6.14. The highest BCUT2D eigenvalue weighted by Gasteiger charge is 2.44. The van der Waals surface area contributed by atoms with Crippen molar-refractivity contribution in [1.82, 2.24) is 4.72 Å². The molecule has 2 aliphatic carbocycles. The van der Waals surface area contributed by atoms with E-state index in [-0.39, 0.29) is 23.5 Å². The molecule has 2 heterocycles. The third-order valence-electron chi connectivity index (χ3n) is 10.4. The standard InChI is InChI=1S/C35H45ClN2O5S/c1-22(2)43-32-9-5-7-23(3)24(4)44(40,41)37-34(39)26-11-15-33-31(18-26)38(19-27-10-13-29(27)32)20-35(21-42-33)16-6-8-25-17-28(36)12-14-30(25)35/h5,9,11-12,14-15,17-18,22-24,27,29,32H,6-8,10,13,16,19-21H2,1-4H3,(H,37,39)/b9-5+/t23-,24+,27-,29+,32-,35-/m0/s1. The Morgan fingerprint density at radius 1 is 1.14 bits per heavy atom. The number of amides is 1. The van der Waals surface area contributed by atoms with Gasteiger partial charge in [0, 0.05) is 29.1 Å². The number of sulfonamides is 1. The van der Waals surface area contributed by atoms with Crippen LogP contribution in [0.25, 0.3) is 0 Å². The lowest BCUT2D eigenvalue weighted by Crippen LogP contribution is -2.50. The molecule has 9 heteroatoms. The molecule has 1 N–H and O–H groups in total. The Kier molecular flexibility index (Phi) is 8.81. The maximum absolute atomic E-state index is 13.4. The molecule has 238 valence electrons. The van der Waals surface area contributed by atoms with E-state index in [1.54, 1.807) is 13.0 Å². The number of rotatable bonds is 2. The summed E-state index contributed by atoms with van der Waals surface area (Å²) in [6.07, 6.45) is 10.1. The predicted molar refractivity (Wildman–Crippen MR) is 175 cm³/mol. The number of hydrogen-bond donors (Lipinski definition) is 1. The van der Waals surface area contributed by atoms with Crippen LogP contribution >= 0.6 is 11.6 Å². The van der Waals surface area contributed by atoms with Crippen LogP contribution < -0.4 is 14.4 Å². The average Bonchev–Trinajstić information content (AvgIpc) is 3.10. The smallest absolute Gasteiger partial charge is 0.264 e. The minimum atomic E-state index is -3.90. The first-order valence-corrected chi connectivity index (χ1v) is 18.1. The molecule has 44 heavy (non-hydrogen) atoms. The molecule has 1 saturated carbocycles. The van der Waals surface area contributed by atoms with Crippen molar-refractivity contribution in [3.05, 3.63) is 70.3 Å². The first kappa shape index (κ1) is 31.4. The van der Waals surface area contributed by atoms with Gasteiger partial charge in [0.15, 0.2) is 0 Å². The number of carbonyl (C=O) groups excluding carboxylic acids is 1. The van der Waals surface area contributed by atoms with Gasteiger partial charge in [-0.3, -0.25) is 4.79 Å². The van der Waals surface area contributed by atoms with Crippen molar-refractivity contribution < 1.29 is 22.7 Å². The second kappa shape index (κ2) is 12.3. The fourth-order valence-corrected chi connectivity index (χ4v) is 9.08. The normalized spacial score (nSPS) is 32.5. The van der Waals surface area contributed by atoms with Crippen molar-refractivity contribution in [1.29, 1.82) is 0 Å². The highest BCUT2D eigenvalue weighted by atomic mass is 35.5. The van der Waals surface area contributed by atoms with Gasteiger partial charge in [-0.15, -0.1) is 0 Å². The molecule has 2 bridgehead atoms. The molecule has 1 spiro atoms. The third-order valence-corrected chi connectivity index (χ3v) is 12.6. The van der Waals surface area contributed by atoms with Crippen LogP contribution in [-0.4, -0.2) is 51.5 Å². The Balaban J connectivity index is 1.43. The van der Waals surface area contributed by atoms with Crippen LogP contribution in [0.3, 0.4) is 0 Å². The number of nitrogens with one attached hydrogen (secondary N) is 1. The molecule has 2 aromatic carbocycles. The summed E-state index contributed by atoms with van der Waals surface area (Å²) in [5, 5.41) is 0.00448. The monoisotopic (exact) mass is 640 g/mol. The van der Waals surface area contributed by atoms with Gasteiger partial charge in [-0.25, -0.2) is 13.1 Å². The minimum absolute atomic E-state index is 0.0407. The Labute approximate surface area is 267 Å². The SMILES string of the molecule is CC(C)O[C@H]1/C=C/C[C@H](C)[C@@H](C)S(=O)(=O)NC(=O)c2ccc3c(c2)N(C[C@@H]2CC[C@H]21)C[C@@]1(CCCc2cc(Cl)ccc21)CO3. The molecule has 1 fully saturated rings. The highest BCUT2D eigenvalue weighted by Crippen LogP contribution is 2.47. The van der Waals surface area contributed by atoms with Crippen molar-refractivity contribution in [2.24, 2.45) is 17.8 Å². The van der Waals surface area contributed by atoms with Crippen molar-refractivity contribution in [3.63, 3.8) is 0 Å². The fraction of sp³-hybridized carbons (Fsp3) is 0.571. The first-order chi connectivity index (χ1) is 21.0. The second-order valence-electron chi connectivity index (χ2n) is 13.8. The zero-order chi connectivity index (χ0) is 31.2. The largest absolute Gasteiger partial charge is 0.490 e. The number of hydrogen-bond acceptors (Lipinski definition) is 6. The van der Waals surface area contributed by atoms with E-state index in [0.29, 0.717) is 30.4 Å². The van der Waals surface area contributed by atoms with Crippen molar-refractivity contribution in [2.75, 3.05) is 24.6 Å². The van der Waals surface area contributed by atoms with E-state index in [1.165, 1.54) is 11.1 Å². The van der Waals surface area contributed by atoms with Gasteiger partial charge in [-0.2, -0.15) is 0 Å². The molecule has 7 nitrogen and oxygen atoms in total. The van der Waals surface area contributed by atoms with Gasteiger partial charge in [-0.05, 0) is 119 Å². The van der Waals surface area contributed by atoms with Gasteiger partial charge in [0.05, 0.1) is 29.8 Å². The van der Waals surface area contributed by atoms with Gasteiger partial charge in [0.1, 0.15) is 5.75 Å². The van der Waals surface area contributed by atoms with E-state index >= 15 is 0 Å². The summed E-state index contributed by atoms with van der Waals surface area (Å²) in [6, 6.07) is 11.6. The summed E-state index contributed by atoms with van der Waals surface area (Å²) < 4.78 is 42.0. The predicted octanol–water partition coefficient (Wildman–Crippen LogP) is 6.68. The van der Waals surface area contributed by atoms with Gasteiger partial charge >= 0.3 is 0 Å². The van der Waals surface area contributed by atoms with Crippen LogP contribution in [0.1, 0.15) is 81.3 Å². The van der Waals surface area contributed by atoms with Crippen molar-refractivity contribution >= 4 is 33.2 Å². The Morgan fingerprint density at radius 2 is 1.95 bits per heavy atom. The van der Waals surface area contributed by atoms with E-state index in [9.17, 15) is 13.2 Å². The number of ether oxygens (including phenoxy) is 2. The molecule has 4 aliphatic rings. The van der Waals surface area contributed by atoms with Crippen LogP contribution in [0.4, 0.5) is 5.69 Å². The average molecular weight is 641 g/mol. The Hall–Kier alpha value is -2.55. The summed E-state index contributed by atoms with van der Waals surface area (Å²) in [7, 11) is -3.90. The van der Waals surface area contributed by atoms with E-state index in [4.69, 9.17) is 21.1 Å². The molecule has 6 rings (SSSR count). The van der Waals surface area contributed by atoms with Crippen LogP contribution in [0.2, 0.25) is 5.02 Å². The van der Waals surface area contributed by atoms with Crippen molar-refractivity contribution in [2.45, 2.75) is 89.1 Å². The number of aryl methyl sites for hydroxylation is 1. The van der Waals surface area contributed by atoms with Crippen LogP contribution in [0, 0.1) is 17.8 Å². The number of anilines is 1. The Bertz CT molecular complexity index is 1540. The zero-order valence-corrected chi connectivity index (χ0v) is 27.8. The van der Waals surface area contributed by atoms with Gasteiger partial charge in [-0.1, -0.05) is 36.7 Å². The molecule has 1 amide bonds. The summed E-state index contributed by atoms with van der Waals surface area (Å²) in [6.45, 7) is 9.79. The fourth-order valence-electron chi connectivity index (χ4n) is 7.60. The number of fused-ring (bicyclic) bond motifs is 4. The van der Waals surface area contributed by atoms with Crippen LogP contribution in [0.5, 0.6) is 5.75 Å². The second-order valence-corrected chi connectivity index (χ2v) is 16.2. The molecular weight excluding hydrogens is 596 g/mol. The van der Waals surface area contributed by atoms with Gasteiger partial charge in [0.2, 0.25) is 10.0 Å². The summed E-state index contributed by atoms with van der Waals surface area (Å²) in [5.41, 5.74) is 3.48. The number of benzene rings is 2. The lowest BCUT2D eigenvalue weighted by atomic mass is 9.68. The summed E-state index contributed by atoms with van der Waals surface area (Å²) >= 11 is 6.43. The molecular formula is C35H45ClN2O5S. The van der Waals surface area contributed by atoms with Crippen LogP contribution in [-0.2, 0) is 26.6 Å². The quantitative estimate of drug-likeness (QED) is 0.369. The Morgan fingerprint density at radius 3 is 2.70 bits per heavy atom. The van der Waals surface area contributed by atoms with Crippen molar-refractivity contribution in [3.8, 4) is 5.75 Å². The number of allylic oxidation sites excluding steroid dienone is 1. The molecule has 6 atom stereocenters. The van der Waals surface area contributed by atoms with E-state index in [1.807, 2.05) is 25.1 Å². The molecule has 0 radical (unpaired) electrons. The summed E-state index contributed by atoms with van der Waals surface area (Å²) in [5.74, 6) is 0.684. The molecule has 0 unspecified atom stereocenters. The van der Waals surface area contributed by atoms with E-state index in [2.05, 4.69) is 47.8 Å². The topological polar surface area (TPSA) is 84.9 Å². The minimum Gasteiger partial charge on any atom is -0.490 e. The maximum atomic E-state index is 13.4. The lowest BCUT2D eigenvalue weighted by Gasteiger charge is -2.46. The lowest BCUT2D eigenvalue weighted by molar-refractivity contribution is -0.0430. The molecule has 2 aromatic rings. The first-order valence-electron chi connectivity index (χ1n) is 16.1. The molecule has 2 aliphatic heterocycles. The number of nitrogens with zero attached hydrogens (tertiary/aromatic N) is 1. The zero-order valence-electron chi connectivity index (χ0n) is 26.2. The van der Waals surface area contributed by atoms with Crippen LogP contribution in [0.15, 0.2) is 48.6 Å². The van der Waals surface area contributed by atoms with Gasteiger partial charge < -0.3 is 14.4 Å².